The average Bonchev–Trinajstić information content (AvgIpc) is 2.70. The highest BCUT2D eigenvalue weighted by Crippen LogP contribution is 2.25. The van der Waals surface area contributed by atoms with Gasteiger partial charge < -0.3 is 5.11 Å². The summed E-state index contributed by atoms with van der Waals surface area (Å²) in [5.74, 6) is 0.439. The van der Waals surface area contributed by atoms with E-state index in [1.807, 2.05) is 12.1 Å². The van der Waals surface area contributed by atoms with Gasteiger partial charge in [0.1, 0.15) is 0 Å². The van der Waals surface area contributed by atoms with Crippen molar-refractivity contribution in [1.29, 1.82) is 0 Å². The zero-order chi connectivity index (χ0) is 11.5. The molecule has 88 valence electrons. The topological polar surface area (TPSA) is 23.5 Å². The van der Waals surface area contributed by atoms with Crippen LogP contribution < -0.4 is 0 Å². The van der Waals surface area contributed by atoms with Crippen LogP contribution in [0.5, 0.6) is 0 Å². The monoisotopic (exact) mass is 303 g/mol. The van der Waals surface area contributed by atoms with Crippen LogP contribution in [0.2, 0.25) is 5.02 Å². The molecular formula is C12H15BrClNO. The van der Waals surface area contributed by atoms with Crippen molar-refractivity contribution in [2.45, 2.75) is 13.0 Å². The van der Waals surface area contributed by atoms with E-state index in [4.69, 9.17) is 16.7 Å². The Kier molecular flexibility index (Phi) is 4.25. The number of rotatable bonds is 3. The first-order valence-corrected chi connectivity index (χ1v) is 6.63. The molecule has 1 fully saturated rings. The van der Waals surface area contributed by atoms with Crippen LogP contribution in [-0.2, 0) is 6.54 Å². The first kappa shape index (κ1) is 12.4. The number of likely N-dealkylation sites (tertiary alicyclic amines) is 1. The predicted molar refractivity (Wildman–Crippen MR) is 69.6 cm³/mol. The normalized spacial score (nSPS) is 21.6. The number of hydrogen-bond acceptors (Lipinski definition) is 2. The van der Waals surface area contributed by atoms with Gasteiger partial charge in [0, 0.05) is 29.2 Å². The molecule has 0 bridgehead atoms. The maximum atomic E-state index is 9.08. The minimum absolute atomic E-state index is 0.296. The molecule has 2 rings (SSSR count). The third kappa shape index (κ3) is 2.98. The molecule has 1 aromatic carbocycles. The van der Waals surface area contributed by atoms with Crippen molar-refractivity contribution >= 4 is 27.5 Å². The molecule has 0 saturated carbocycles. The van der Waals surface area contributed by atoms with Gasteiger partial charge in [0.05, 0.1) is 0 Å². The fourth-order valence-corrected chi connectivity index (χ4v) is 2.83. The summed E-state index contributed by atoms with van der Waals surface area (Å²) in [5.41, 5.74) is 1.16. The highest BCUT2D eigenvalue weighted by atomic mass is 79.9. The van der Waals surface area contributed by atoms with Crippen LogP contribution in [0, 0.1) is 5.92 Å². The number of hydrogen-bond donors (Lipinski definition) is 1. The molecule has 1 aliphatic rings. The van der Waals surface area contributed by atoms with Crippen LogP contribution in [0.1, 0.15) is 12.0 Å². The molecule has 1 aliphatic heterocycles. The van der Waals surface area contributed by atoms with Crippen LogP contribution in [0.4, 0.5) is 0 Å². The first-order valence-electron chi connectivity index (χ1n) is 5.46. The lowest BCUT2D eigenvalue weighted by molar-refractivity contribution is 0.220. The van der Waals surface area contributed by atoms with Crippen molar-refractivity contribution in [3.05, 3.63) is 33.3 Å². The van der Waals surface area contributed by atoms with Crippen LogP contribution >= 0.6 is 27.5 Å². The predicted octanol–water partition coefficient (Wildman–Crippen LogP) is 2.92. The molecule has 1 saturated heterocycles. The molecule has 0 amide bonds. The highest BCUT2D eigenvalue weighted by molar-refractivity contribution is 9.10. The van der Waals surface area contributed by atoms with E-state index in [0.717, 1.165) is 41.1 Å². The van der Waals surface area contributed by atoms with E-state index in [1.54, 1.807) is 0 Å². The van der Waals surface area contributed by atoms with Gasteiger partial charge in [-0.15, -0.1) is 0 Å². The van der Waals surface area contributed by atoms with Crippen LogP contribution in [0.25, 0.3) is 0 Å². The fraction of sp³-hybridized carbons (Fsp3) is 0.500. The van der Waals surface area contributed by atoms with Crippen molar-refractivity contribution in [3.63, 3.8) is 0 Å². The third-order valence-electron chi connectivity index (χ3n) is 3.04. The molecular weight excluding hydrogens is 289 g/mol. The Morgan fingerprint density at radius 2 is 2.31 bits per heavy atom. The van der Waals surface area contributed by atoms with Crippen molar-refractivity contribution in [2.24, 2.45) is 5.92 Å². The van der Waals surface area contributed by atoms with E-state index < -0.39 is 0 Å². The third-order valence-corrected chi connectivity index (χ3v) is 3.88. The van der Waals surface area contributed by atoms with E-state index in [9.17, 15) is 0 Å². The quantitative estimate of drug-likeness (QED) is 0.928. The second-order valence-electron chi connectivity index (χ2n) is 4.31. The van der Waals surface area contributed by atoms with Gasteiger partial charge in [0.2, 0.25) is 0 Å². The maximum absolute atomic E-state index is 9.08. The lowest BCUT2D eigenvalue weighted by Gasteiger charge is -2.16. The van der Waals surface area contributed by atoms with Gasteiger partial charge in [0.25, 0.3) is 0 Å². The van der Waals surface area contributed by atoms with E-state index in [0.29, 0.717) is 12.5 Å². The molecule has 0 radical (unpaired) electrons. The lowest BCUT2D eigenvalue weighted by Crippen LogP contribution is -2.21. The Balaban J connectivity index is 1.99. The zero-order valence-electron chi connectivity index (χ0n) is 9.00. The van der Waals surface area contributed by atoms with E-state index >= 15 is 0 Å². The van der Waals surface area contributed by atoms with Crippen molar-refractivity contribution in [1.82, 2.24) is 4.90 Å². The SMILES string of the molecule is OCC1CCN(Cc2ccc(Br)cc2Cl)C1. The van der Waals surface area contributed by atoms with Gasteiger partial charge in [-0.1, -0.05) is 33.6 Å². The van der Waals surface area contributed by atoms with E-state index in [2.05, 4.69) is 26.9 Å². The lowest BCUT2D eigenvalue weighted by atomic mass is 10.1. The van der Waals surface area contributed by atoms with Crippen LogP contribution in [0.15, 0.2) is 22.7 Å². The smallest absolute Gasteiger partial charge is 0.0471 e. The Bertz CT molecular complexity index is 372. The Morgan fingerprint density at radius 1 is 1.50 bits per heavy atom. The second kappa shape index (κ2) is 5.50. The molecule has 1 unspecified atom stereocenters. The summed E-state index contributed by atoms with van der Waals surface area (Å²) in [6, 6.07) is 6.00. The summed E-state index contributed by atoms with van der Waals surface area (Å²) in [6.45, 7) is 3.20. The average molecular weight is 305 g/mol. The van der Waals surface area contributed by atoms with Crippen molar-refractivity contribution in [3.8, 4) is 0 Å². The summed E-state index contributed by atoms with van der Waals surface area (Å²) in [6.07, 6.45) is 1.09. The number of aliphatic hydroxyl groups is 1. The van der Waals surface area contributed by atoms with Gasteiger partial charge >= 0.3 is 0 Å². The number of aliphatic hydroxyl groups excluding tert-OH is 1. The van der Waals surface area contributed by atoms with Crippen molar-refractivity contribution < 1.29 is 5.11 Å². The molecule has 16 heavy (non-hydrogen) atoms. The summed E-state index contributed by atoms with van der Waals surface area (Å²) in [4.78, 5) is 2.34. The first-order chi connectivity index (χ1) is 7.69. The maximum Gasteiger partial charge on any atom is 0.0471 e. The van der Waals surface area contributed by atoms with E-state index in [-0.39, 0.29) is 0 Å². The molecule has 1 aromatic rings. The van der Waals surface area contributed by atoms with Gasteiger partial charge in [-0.05, 0) is 36.6 Å². The summed E-state index contributed by atoms with van der Waals surface area (Å²) in [5, 5.41) is 9.89. The molecule has 0 aliphatic carbocycles. The van der Waals surface area contributed by atoms with Gasteiger partial charge in [-0.3, -0.25) is 4.90 Å². The Hall–Kier alpha value is -0.0900. The Labute approximate surface area is 109 Å². The molecule has 4 heteroatoms. The number of nitrogens with zero attached hydrogens (tertiary/aromatic N) is 1. The molecule has 1 heterocycles. The van der Waals surface area contributed by atoms with Crippen molar-refractivity contribution in [2.75, 3.05) is 19.7 Å². The van der Waals surface area contributed by atoms with E-state index in [1.165, 1.54) is 0 Å². The second-order valence-corrected chi connectivity index (χ2v) is 5.63. The Morgan fingerprint density at radius 3 is 2.94 bits per heavy atom. The van der Waals surface area contributed by atoms with Gasteiger partial charge in [0.15, 0.2) is 0 Å². The zero-order valence-corrected chi connectivity index (χ0v) is 11.3. The molecule has 1 atom stereocenters. The minimum atomic E-state index is 0.296. The number of halogens is 2. The van der Waals surface area contributed by atoms with Crippen LogP contribution in [-0.4, -0.2) is 29.7 Å². The van der Waals surface area contributed by atoms with Crippen LogP contribution in [0.3, 0.4) is 0 Å². The summed E-state index contributed by atoms with van der Waals surface area (Å²) in [7, 11) is 0. The minimum Gasteiger partial charge on any atom is -0.396 e. The standard InChI is InChI=1S/C12H15BrClNO/c13-11-2-1-10(12(14)5-11)7-15-4-3-9(6-15)8-16/h1-2,5,9,16H,3-4,6-8H2. The molecule has 0 aromatic heterocycles. The molecule has 1 N–H and O–H groups in total. The molecule has 0 spiro atoms. The fourth-order valence-electron chi connectivity index (χ4n) is 2.10. The highest BCUT2D eigenvalue weighted by Gasteiger charge is 2.21. The van der Waals surface area contributed by atoms with Gasteiger partial charge in [-0.25, -0.2) is 0 Å². The summed E-state index contributed by atoms with van der Waals surface area (Å²) < 4.78 is 1.01. The number of benzene rings is 1. The molecule has 2 nitrogen and oxygen atoms in total. The summed E-state index contributed by atoms with van der Waals surface area (Å²) >= 11 is 9.57. The largest absolute Gasteiger partial charge is 0.396 e. The van der Waals surface area contributed by atoms with Gasteiger partial charge in [-0.2, -0.15) is 0 Å².